The number of hydrogen-bond donors (Lipinski definition) is 1. The van der Waals surface area contributed by atoms with E-state index in [1.54, 1.807) is 0 Å². The molecule has 0 saturated heterocycles. The van der Waals surface area contributed by atoms with Crippen LogP contribution in [0.25, 0.3) is 0 Å². The first kappa shape index (κ1) is 7.80. The number of hydrogen-bond acceptors (Lipinski definition) is 1. The van der Waals surface area contributed by atoms with Gasteiger partial charge < -0.3 is 5.11 Å². The topological polar surface area (TPSA) is 20.2 Å². The van der Waals surface area contributed by atoms with Crippen molar-refractivity contribution >= 4 is 0 Å². The number of allylic oxidation sites excluding steroid dienone is 1. The minimum Gasteiger partial charge on any atom is -0.386 e. The second-order valence-electron chi connectivity index (χ2n) is 3.12. The Balaban J connectivity index is 2.43. The van der Waals surface area contributed by atoms with Crippen LogP contribution in [0.4, 0.5) is 0 Å². The molecule has 1 N–H and O–H groups in total. The second-order valence-corrected chi connectivity index (χ2v) is 3.12. The molecule has 1 fully saturated rings. The maximum atomic E-state index is 9.74. The zero-order valence-electron chi connectivity index (χ0n) is 6.64. The van der Waals surface area contributed by atoms with Crippen LogP contribution in [0.3, 0.4) is 0 Å². The SMILES string of the molecule is CCC=CC1(O)CCCC1. The van der Waals surface area contributed by atoms with Crippen molar-refractivity contribution in [3.63, 3.8) is 0 Å². The van der Waals surface area contributed by atoms with Crippen molar-refractivity contribution in [2.75, 3.05) is 0 Å². The molecule has 1 rings (SSSR count). The molecule has 1 saturated carbocycles. The van der Waals surface area contributed by atoms with E-state index < -0.39 is 5.60 Å². The molecule has 0 aromatic carbocycles. The molecule has 0 unspecified atom stereocenters. The minimum absolute atomic E-state index is 0.435. The Morgan fingerprint density at radius 2 is 2.00 bits per heavy atom. The highest BCUT2D eigenvalue weighted by Crippen LogP contribution is 2.30. The molecular formula is C9H16O. The van der Waals surface area contributed by atoms with Crippen LogP contribution in [-0.2, 0) is 0 Å². The highest BCUT2D eigenvalue weighted by atomic mass is 16.3. The van der Waals surface area contributed by atoms with Crippen LogP contribution in [0.5, 0.6) is 0 Å². The lowest BCUT2D eigenvalue weighted by atomic mass is 10.0. The third-order valence-corrected chi connectivity index (χ3v) is 2.13. The van der Waals surface area contributed by atoms with E-state index in [4.69, 9.17) is 0 Å². The molecule has 0 bridgehead atoms. The summed E-state index contributed by atoms with van der Waals surface area (Å²) >= 11 is 0. The normalized spacial score (nSPS) is 24.2. The van der Waals surface area contributed by atoms with Gasteiger partial charge in [-0.2, -0.15) is 0 Å². The molecule has 1 aliphatic rings. The first-order valence-corrected chi connectivity index (χ1v) is 4.17. The largest absolute Gasteiger partial charge is 0.386 e. The second kappa shape index (κ2) is 3.20. The van der Waals surface area contributed by atoms with Crippen LogP contribution in [0.15, 0.2) is 12.2 Å². The molecule has 10 heavy (non-hydrogen) atoms. The monoisotopic (exact) mass is 140 g/mol. The number of rotatable bonds is 2. The van der Waals surface area contributed by atoms with Crippen molar-refractivity contribution in [1.29, 1.82) is 0 Å². The molecule has 1 heteroatoms. The summed E-state index contributed by atoms with van der Waals surface area (Å²) in [4.78, 5) is 0. The maximum Gasteiger partial charge on any atom is 0.0827 e. The first-order valence-electron chi connectivity index (χ1n) is 4.17. The third-order valence-electron chi connectivity index (χ3n) is 2.13. The van der Waals surface area contributed by atoms with Gasteiger partial charge in [0.1, 0.15) is 0 Å². The first-order chi connectivity index (χ1) is 4.77. The van der Waals surface area contributed by atoms with Crippen LogP contribution >= 0.6 is 0 Å². The molecular weight excluding hydrogens is 124 g/mol. The molecule has 0 amide bonds. The summed E-state index contributed by atoms with van der Waals surface area (Å²) in [6.45, 7) is 2.09. The van der Waals surface area contributed by atoms with Crippen LogP contribution < -0.4 is 0 Å². The van der Waals surface area contributed by atoms with Gasteiger partial charge >= 0.3 is 0 Å². The van der Waals surface area contributed by atoms with Gasteiger partial charge in [-0.1, -0.05) is 31.9 Å². The van der Waals surface area contributed by atoms with Gasteiger partial charge in [-0.25, -0.2) is 0 Å². The van der Waals surface area contributed by atoms with E-state index in [1.165, 1.54) is 12.8 Å². The molecule has 0 atom stereocenters. The van der Waals surface area contributed by atoms with E-state index in [0.29, 0.717) is 0 Å². The summed E-state index contributed by atoms with van der Waals surface area (Å²) in [7, 11) is 0. The smallest absolute Gasteiger partial charge is 0.0827 e. The van der Waals surface area contributed by atoms with Gasteiger partial charge in [0.2, 0.25) is 0 Å². The Hall–Kier alpha value is -0.300. The van der Waals surface area contributed by atoms with E-state index in [0.717, 1.165) is 19.3 Å². The summed E-state index contributed by atoms with van der Waals surface area (Å²) < 4.78 is 0. The van der Waals surface area contributed by atoms with Gasteiger partial charge in [0.15, 0.2) is 0 Å². The van der Waals surface area contributed by atoms with Gasteiger partial charge in [-0.15, -0.1) is 0 Å². The fourth-order valence-electron chi connectivity index (χ4n) is 1.49. The summed E-state index contributed by atoms with van der Waals surface area (Å²) in [6.07, 6.45) is 9.36. The molecule has 0 aromatic rings. The average Bonchev–Trinajstić information content (AvgIpc) is 2.33. The molecule has 0 aromatic heterocycles. The van der Waals surface area contributed by atoms with Crippen molar-refractivity contribution in [3.05, 3.63) is 12.2 Å². The van der Waals surface area contributed by atoms with Gasteiger partial charge in [-0.05, 0) is 19.3 Å². The highest BCUT2D eigenvalue weighted by molar-refractivity contribution is 5.03. The predicted molar refractivity (Wildman–Crippen MR) is 42.8 cm³/mol. The van der Waals surface area contributed by atoms with Crippen LogP contribution in [-0.4, -0.2) is 10.7 Å². The third kappa shape index (κ3) is 1.84. The minimum atomic E-state index is -0.435. The Morgan fingerprint density at radius 3 is 2.50 bits per heavy atom. The lowest BCUT2D eigenvalue weighted by molar-refractivity contribution is 0.0990. The zero-order chi connectivity index (χ0) is 7.45. The van der Waals surface area contributed by atoms with E-state index in [9.17, 15) is 5.11 Å². The van der Waals surface area contributed by atoms with Crippen LogP contribution in [0.2, 0.25) is 0 Å². The molecule has 1 aliphatic carbocycles. The van der Waals surface area contributed by atoms with Crippen molar-refractivity contribution in [2.24, 2.45) is 0 Å². The molecule has 58 valence electrons. The standard InChI is InChI=1S/C9H16O/c1-2-3-6-9(10)7-4-5-8-9/h3,6,10H,2,4-5,7-8H2,1H3. The lowest BCUT2D eigenvalue weighted by Crippen LogP contribution is -2.19. The fourth-order valence-corrected chi connectivity index (χ4v) is 1.49. The van der Waals surface area contributed by atoms with E-state index in [-0.39, 0.29) is 0 Å². The van der Waals surface area contributed by atoms with Gasteiger partial charge in [-0.3, -0.25) is 0 Å². The summed E-state index contributed by atoms with van der Waals surface area (Å²) in [5.41, 5.74) is -0.435. The Bertz CT molecular complexity index is 121. The average molecular weight is 140 g/mol. The van der Waals surface area contributed by atoms with Crippen molar-refractivity contribution in [3.8, 4) is 0 Å². The van der Waals surface area contributed by atoms with Gasteiger partial charge in [0.05, 0.1) is 5.60 Å². The van der Waals surface area contributed by atoms with Crippen LogP contribution in [0, 0.1) is 0 Å². The van der Waals surface area contributed by atoms with Crippen molar-refractivity contribution in [2.45, 2.75) is 44.6 Å². The lowest BCUT2D eigenvalue weighted by Gasteiger charge is -2.15. The summed E-state index contributed by atoms with van der Waals surface area (Å²) in [5.74, 6) is 0. The molecule has 0 heterocycles. The quantitative estimate of drug-likeness (QED) is 0.583. The van der Waals surface area contributed by atoms with E-state index in [1.807, 2.05) is 6.08 Å². The van der Waals surface area contributed by atoms with E-state index in [2.05, 4.69) is 13.0 Å². The van der Waals surface area contributed by atoms with Gasteiger partial charge in [0, 0.05) is 0 Å². The van der Waals surface area contributed by atoms with Crippen LogP contribution in [0.1, 0.15) is 39.0 Å². The summed E-state index contributed by atoms with van der Waals surface area (Å²) in [5, 5.41) is 9.74. The fraction of sp³-hybridized carbons (Fsp3) is 0.778. The Labute approximate surface area is 62.8 Å². The van der Waals surface area contributed by atoms with Gasteiger partial charge in [0.25, 0.3) is 0 Å². The summed E-state index contributed by atoms with van der Waals surface area (Å²) in [6, 6.07) is 0. The van der Waals surface area contributed by atoms with E-state index >= 15 is 0 Å². The zero-order valence-corrected chi connectivity index (χ0v) is 6.64. The van der Waals surface area contributed by atoms with Crippen molar-refractivity contribution < 1.29 is 5.11 Å². The molecule has 0 spiro atoms. The maximum absolute atomic E-state index is 9.74. The highest BCUT2D eigenvalue weighted by Gasteiger charge is 2.27. The molecule has 1 nitrogen and oxygen atoms in total. The molecule has 0 aliphatic heterocycles. The Kier molecular flexibility index (Phi) is 2.50. The molecule has 0 radical (unpaired) electrons. The predicted octanol–water partition coefficient (Wildman–Crippen LogP) is 2.26. The Morgan fingerprint density at radius 1 is 1.40 bits per heavy atom. The number of aliphatic hydroxyl groups is 1. The van der Waals surface area contributed by atoms with Crippen molar-refractivity contribution in [1.82, 2.24) is 0 Å².